The molecule has 3 N–H and O–H groups in total. The zero-order valence-corrected chi connectivity index (χ0v) is 8.01. The maximum atomic E-state index is 12.9. The number of rotatable bonds is 3. The van der Waals surface area contributed by atoms with Crippen molar-refractivity contribution in [1.29, 1.82) is 0 Å². The van der Waals surface area contributed by atoms with Gasteiger partial charge in [-0.2, -0.15) is 0 Å². The van der Waals surface area contributed by atoms with E-state index in [0.717, 1.165) is 0 Å². The summed E-state index contributed by atoms with van der Waals surface area (Å²) in [5, 5.41) is 9.69. The van der Waals surface area contributed by atoms with Crippen molar-refractivity contribution in [2.24, 2.45) is 5.73 Å². The summed E-state index contributed by atoms with van der Waals surface area (Å²) < 4.78 is 25.8. The molecule has 0 fully saturated rings. The van der Waals surface area contributed by atoms with Crippen LogP contribution < -0.4 is 5.73 Å². The lowest BCUT2D eigenvalue weighted by atomic mass is 10.0. The van der Waals surface area contributed by atoms with Gasteiger partial charge in [-0.15, -0.1) is 0 Å². The molecule has 0 saturated heterocycles. The molecule has 0 bridgehead atoms. The topological polar surface area (TPSA) is 46.2 Å². The van der Waals surface area contributed by atoms with Crippen LogP contribution in [0.4, 0.5) is 8.78 Å². The van der Waals surface area contributed by atoms with Crippen molar-refractivity contribution in [3.63, 3.8) is 0 Å². The van der Waals surface area contributed by atoms with E-state index in [4.69, 9.17) is 17.3 Å². The second-order valence-electron chi connectivity index (χ2n) is 2.92. The molecule has 1 rings (SSSR count). The highest BCUT2D eigenvalue weighted by Gasteiger charge is 2.37. The zero-order valence-electron chi connectivity index (χ0n) is 7.25. The van der Waals surface area contributed by atoms with Crippen LogP contribution in [0, 0.1) is 0 Å². The molecule has 1 aromatic rings. The lowest BCUT2D eigenvalue weighted by Crippen LogP contribution is -2.34. The van der Waals surface area contributed by atoms with Gasteiger partial charge >= 0.3 is 0 Å². The molecule has 0 aliphatic rings. The van der Waals surface area contributed by atoms with Crippen LogP contribution in [0.1, 0.15) is 11.7 Å². The van der Waals surface area contributed by atoms with Gasteiger partial charge in [0, 0.05) is 5.02 Å². The molecule has 2 nitrogen and oxygen atoms in total. The number of aliphatic hydroxyl groups excluding tert-OH is 1. The van der Waals surface area contributed by atoms with Gasteiger partial charge in [0.1, 0.15) is 6.10 Å². The van der Waals surface area contributed by atoms with E-state index in [9.17, 15) is 13.9 Å². The van der Waals surface area contributed by atoms with E-state index in [1.165, 1.54) is 24.3 Å². The van der Waals surface area contributed by atoms with Crippen LogP contribution in [0.2, 0.25) is 5.02 Å². The predicted molar refractivity (Wildman–Crippen MR) is 50.4 cm³/mol. The number of benzene rings is 1. The molecule has 0 saturated carbocycles. The summed E-state index contributed by atoms with van der Waals surface area (Å²) in [6.07, 6.45) is -1.88. The summed E-state index contributed by atoms with van der Waals surface area (Å²) >= 11 is 5.57. The largest absolute Gasteiger partial charge is 0.382 e. The molecule has 5 heteroatoms. The molecule has 1 atom stereocenters. The average molecular weight is 222 g/mol. The summed E-state index contributed by atoms with van der Waals surface area (Å²) in [5.41, 5.74) is 4.94. The Morgan fingerprint density at radius 1 is 1.36 bits per heavy atom. The highest BCUT2D eigenvalue weighted by atomic mass is 35.5. The zero-order chi connectivity index (χ0) is 10.8. The molecule has 0 amide bonds. The summed E-state index contributed by atoms with van der Waals surface area (Å²) in [5.74, 6) is -3.31. The molecular formula is C9H10ClF2NO. The Bertz CT molecular complexity index is 302. The molecule has 1 aromatic carbocycles. The first-order valence-electron chi connectivity index (χ1n) is 3.99. The number of aliphatic hydroxyl groups is 1. The van der Waals surface area contributed by atoms with Crippen LogP contribution >= 0.6 is 11.6 Å². The van der Waals surface area contributed by atoms with Crippen molar-refractivity contribution in [2.75, 3.05) is 6.54 Å². The van der Waals surface area contributed by atoms with Crippen LogP contribution in [-0.2, 0) is 0 Å². The SMILES string of the molecule is NCC(F)(F)C(O)c1ccc(Cl)cc1. The minimum absolute atomic E-state index is 0.102. The van der Waals surface area contributed by atoms with Gasteiger partial charge in [0.05, 0.1) is 6.54 Å². The third-order valence-corrected chi connectivity index (χ3v) is 2.11. The Morgan fingerprint density at radius 3 is 2.29 bits per heavy atom. The Kier molecular flexibility index (Phi) is 3.42. The number of nitrogens with two attached hydrogens (primary N) is 1. The minimum atomic E-state index is -3.31. The van der Waals surface area contributed by atoms with Gasteiger partial charge in [0.15, 0.2) is 0 Å². The van der Waals surface area contributed by atoms with Crippen molar-refractivity contribution in [1.82, 2.24) is 0 Å². The Morgan fingerprint density at radius 2 is 1.86 bits per heavy atom. The molecule has 78 valence electrons. The van der Waals surface area contributed by atoms with Crippen LogP contribution in [0.3, 0.4) is 0 Å². The molecule has 0 aliphatic heterocycles. The number of hydrogen-bond acceptors (Lipinski definition) is 2. The highest BCUT2D eigenvalue weighted by molar-refractivity contribution is 6.30. The number of halogens is 3. The highest BCUT2D eigenvalue weighted by Crippen LogP contribution is 2.30. The van der Waals surface area contributed by atoms with Gasteiger partial charge in [-0.05, 0) is 17.7 Å². The number of alkyl halides is 2. The normalized spacial score (nSPS) is 14.1. The lowest BCUT2D eigenvalue weighted by molar-refractivity contribution is -0.102. The van der Waals surface area contributed by atoms with Gasteiger partial charge in [0.25, 0.3) is 5.92 Å². The molecule has 1 unspecified atom stereocenters. The van der Waals surface area contributed by atoms with E-state index in [1.807, 2.05) is 0 Å². The van der Waals surface area contributed by atoms with Crippen LogP contribution in [0.15, 0.2) is 24.3 Å². The monoisotopic (exact) mass is 221 g/mol. The van der Waals surface area contributed by atoms with E-state index in [0.29, 0.717) is 5.02 Å². The quantitative estimate of drug-likeness (QED) is 0.820. The van der Waals surface area contributed by atoms with Gasteiger partial charge in [0.2, 0.25) is 0 Å². The standard InChI is InChI=1S/C9H10ClF2NO/c10-7-3-1-6(2-4-7)8(14)9(11,12)5-13/h1-4,8,14H,5,13H2. The summed E-state index contributed by atoms with van der Waals surface area (Å²) in [6.45, 7) is -0.892. The molecule has 14 heavy (non-hydrogen) atoms. The second-order valence-corrected chi connectivity index (χ2v) is 3.36. The maximum absolute atomic E-state index is 12.9. The van der Waals surface area contributed by atoms with Crippen LogP contribution in [-0.4, -0.2) is 17.6 Å². The van der Waals surface area contributed by atoms with Gasteiger partial charge in [-0.25, -0.2) is 8.78 Å². The smallest absolute Gasteiger partial charge is 0.289 e. The van der Waals surface area contributed by atoms with Crippen molar-refractivity contribution in [3.05, 3.63) is 34.9 Å². The Balaban J connectivity index is 2.89. The van der Waals surface area contributed by atoms with Gasteiger partial charge in [-0.1, -0.05) is 23.7 Å². The van der Waals surface area contributed by atoms with Crippen molar-refractivity contribution < 1.29 is 13.9 Å². The minimum Gasteiger partial charge on any atom is -0.382 e. The molecule has 0 spiro atoms. The van der Waals surface area contributed by atoms with Crippen LogP contribution in [0.25, 0.3) is 0 Å². The third kappa shape index (κ3) is 2.41. The van der Waals surface area contributed by atoms with Gasteiger partial charge in [-0.3, -0.25) is 0 Å². The average Bonchev–Trinajstić information content (AvgIpc) is 2.18. The summed E-state index contributed by atoms with van der Waals surface area (Å²) in [7, 11) is 0. The lowest BCUT2D eigenvalue weighted by Gasteiger charge is -2.20. The van der Waals surface area contributed by atoms with E-state index in [1.54, 1.807) is 0 Å². The second kappa shape index (κ2) is 4.21. The third-order valence-electron chi connectivity index (χ3n) is 1.86. The van der Waals surface area contributed by atoms with E-state index < -0.39 is 18.6 Å². The Labute approximate surface area is 85.3 Å². The van der Waals surface area contributed by atoms with Crippen LogP contribution in [0.5, 0.6) is 0 Å². The van der Waals surface area contributed by atoms with E-state index in [-0.39, 0.29) is 5.56 Å². The number of hydrogen-bond donors (Lipinski definition) is 2. The Hall–Kier alpha value is -0.710. The fraction of sp³-hybridized carbons (Fsp3) is 0.333. The fourth-order valence-corrected chi connectivity index (χ4v) is 1.13. The first-order valence-corrected chi connectivity index (χ1v) is 4.36. The molecular weight excluding hydrogens is 212 g/mol. The van der Waals surface area contributed by atoms with E-state index >= 15 is 0 Å². The first kappa shape index (κ1) is 11.4. The van der Waals surface area contributed by atoms with Crippen molar-refractivity contribution >= 4 is 11.6 Å². The summed E-state index contributed by atoms with van der Waals surface area (Å²) in [4.78, 5) is 0. The summed E-state index contributed by atoms with van der Waals surface area (Å²) in [6, 6.07) is 5.56. The van der Waals surface area contributed by atoms with Crippen molar-refractivity contribution in [3.8, 4) is 0 Å². The molecule has 0 aliphatic carbocycles. The van der Waals surface area contributed by atoms with E-state index in [2.05, 4.69) is 0 Å². The van der Waals surface area contributed by atoms with Gasteiger partial charge < -0.3 is 10.8 Å². The fourth-order valence-electron chi connectivity index (χ4n) is 1.00. The van der Waals surface area contributed by atoms with Crippen molar-refractivity contribution in [2.45, 2.75) is 12.0 Å². The maximum Gasteiger partial charge on any atom is 0.289 e. The molecule has 0 aromatic heterocycles. The first-order chi connectivity index (χ1) is 6.47. The predicted octanol–water partition coefficient (Wildman–Crippen LogP) is 1.97. The molecule has 0 radical (unpaired) electrons. The molecule has 0 heterocycles.